The number of amides is 2. The highest BCUT2D eigenvalue weighted by Crippen LogP contribution is 1.93. The van der Waals surface area contributed by atoms with Crippen molar-refractivity contribution in [3.05, 3.63) is 0 Å². The Labute approximate surface area is 90.0 Å². The number of ketones is 1. The summed E-state index contributed by atoms with van der Waals surface area (Å²) in [4.78, 5) is 36.1. The van der Waals surface area contributed by atoms with Gasteiger partial charge in [-0.15, -0.1) is 0 Å². The van der Waals surface area contributed by atoms with E-state index < -0.39 is 0 Å². The van der Waals surface area contributed by atoms with Crippen molar-refractivity contribution in [3.8, 4) is 0 Å². The fourth-order valence-electron chi connectivity index (χ4n) is 1.10. The summed E-state index contributed by atoms with van der Waals surface area (Å²) >= 11 is 0. The van der Waals surface area contributed by atoms with E-state index in [1.54, 1.807) is 21.0 Å². The smallest absolute Gasteiger partial charge is 0.242 e. The third-order valence-corrected chi connectivity index (χ3v) is 1.99. The number of likely N-dealkylation sites (N-methyl/N-ethyl adjacent to an activating group) is 2. The summed E-state index contributed by atoms with van der Waals surface area (Å²) in [5, 5.41) is 0. The minimum atomic E-state index is -0.227. The highest BCUT2D eigenvalue weighted by Gasteiger charge is 2.15. The molecule has 86 valence electrons. The van der Waals surface area contributed by atoms with E-state index in [1.807, 2.05) is 0 Å². The van der Waals surface area contributed by atoms with Crippen LogP contribution in [0.4, 0.5) is 0 Å². The number of rotatable bonds is 5. The van der Waals surface area contributed by atoms with Gasteiger partial charge in [0.15, 0.2) is 0 Å². The van der Waals surface area contributed by atoms with Gasteiger partial charge in [-0.2, -0.15) is 0 Å². The molecule has 0 saturated heterocycles. The third-order valence-electron chi connectivity index (χ3n) is 1.99. The van der Waals surface area contributed by atoms with Crippen LogP contribution < -0.4 is 0 Å². The Balaban J connectivity index is 4.12. The van der Waals surface area contributed by atoms with Gasteiger partial charge >= 0.3 is 0 Å². The monoisotopic (exact) mass is 214 g/mol. The number of nitrogens with zero attached hydrogens (tertiary/aromatic N) is 2. The zero-order valence-corrected chi connectivity index (χ0v) is 9.74. The zero-order chi connectivity index (χ0) is 12.0. The van der Waals surface area contributed by atoms with Crippen LogP contribution in [0.1, 0.15) is 20.3 Å². The van der Waals surface area contributed by atoms with E-state index in [0.29, 0.717) is 6.42 Å². The average Bonchev–Trinajstić information content (AvgIpc) is 2.15. The lowest BCUT2D eigenvalue weighted by atomic mass is 10.3. The fraction of sp³-hybridized carbons (Fsp3) is 0.700. The highest BCUT2D eigenvalue weighted by atomic mass is 16.2. The first-order valence-corrected chi connectivity index (χ1v) is 4.85. The van der Waals surface area contributed by atoms with Gasteiger partial charge in [0.2, 0.25) is 11.8 Å². The number of Topliss-reactive ketones (excluding diaryl/α,β-unsaturated/α-hetero) is 1. The Morgan fingerprint density at radius 3 is 1.80 bits per heavy atom. The van der Waals surface area contributed by atoms with Gasteiger partial charge in [0.1, 0.15) is 5.78 Å². The van der Waals surface area contributed by atoms with Gasteiger partial charge in [0, 0.05) is 20.5 Å². The summed E-state index contributed by atoms with van der Waals surface area (Å²) in [6, 6.07) is 0. The zero-order valence-electron chi connectivity index (χ0n) is 9.74. The Morgan fingerprint density at radius 2 is 1.40 bits per heavy atom. The van der Waals surface area contributed by atoms with Crippen LogP contribution in [0.5, 0.6) is 0 Å². The first-order chi connectivity index (χ1) is 6.88. The lowest BCUT2D eigenvalue weighted by Crippen LogP contribution is -2.40. The number of carbonyl (C=O) groups is 3. The second kappa shape index (κ2) is 6.16. The van der Waals surface area contributed by atoms with Gasteiger partial charge < -0.3 is 9.80 Å². The van der Waals surface area contributed by atoms with Gasteiger partial charge in [-0.1, -0.05) is 6.92 Å². The SMILES string of the molecule is CCC(=O)N(C)CC(=O)N(C)CC(C)=O. The second-order valence-corrected chi connectivity index (χ2v) is 3.56. The molecule has 0 aliphatic carbocycles. The standard InChI is InChI=1S/C10H18N2O3/c1-5-9(14)12(4)7-10(15)11(3)6-8(2)13/h5-7H2,1-4H3. The van der Waals surface area contributed by atoms with Gasteiger partial charge in [-0.05, 0) is 6.92 Å². The molecule has 0 aliphatic heterocycles. The molecule has 0 radical (unpaired) electrons. The summed E-state index contributed by atoms with van der Waals surface area (Å²) in [7, 11) is 3.12. The molecule has 0 fully saturated rings. The van der Waals surface area contributed by atoms with E-state index in [4.69, 9.17) is 0 Å². The molecule has 0 heterocycles. The Morgan fingerprint density at radius 1 is 0.933 bits per heavy atom. The molecule has 0 rings (SSSR count). The topological polar surface area (TPSA) is 57.7 Å². The van der Waals surface area contributed by atoms with Crippen LogP contribution in [0.25, 0.3) is 0 Å². The van der Waals surface area contributed by atoms with Gasteiger partial charge in [0.05, 0.1) is 13.1 Å². The van der Waals surface area contributed by atoms with Crippen LogP contribution >= 0.6 is 0 Å². The van der Waals surface area contributed by atoms with Crippen LogP contribution in [0.15, 0.2) is 0 Å². The van der Waals surface area contributed by atoms with Gasteiger partial charge in [-0.25, -0.2) is 0 Å². The minimum Gasteiger partial charge on any atom is -0.337 e. The molecule has 0 N–H and O–H groups in total. The molecule has 0 aromatic heterocycles. The van der Waals surface area contributed by atoms with E-state index in [-0.39, 0.29) is 30.7 Å². The molecule has 0 aliphatic rings. The first-order valence-electron chi connectivity index (χ1n) is 4.85. The van der Waals surface area contributed by atoms with Crippen molar-refractivity contribution in [1.29, 1.82) is 0 Å². The molecule has 5 nitrogen and oxygen atoms in total. The summed E-state index contributed by atoms with van der Waals surface area (Å²) < 4.78 is 0. The van der Waals surface area contributed by atoms with Crippen molar-refractivity contribution in [1.82, 2.24) is 9.80 Å². The maximum absolute atomic E-state index is 11.5. The van der Waals surface area contributed by atoms with E-state index >= 15 is 0 Å². The normalized spacial score (nSPS) is 9.60. The van der Waals surface area contributed by atoms with Crippen LogP contribution in [0.3, 0.4) is 0 Å². The summed E-state index contributed by atoms with van der Waals surface area (Å²) in [6.07, 6.45) is 0.375. The van der Waals surface area contributed by atoms with E-state index in [9.17, 15) is 14.4 Å². The van der Waals surface area contributed by atoms with E-state index in [2.05, 4.69) is 0 Å². The quantitative estimate of drug-likeness (QED) is 0.642. The summed E-state index contributed by atoms with van der Waals surface area (Å²) in [5.41, 5.74) is 0. The maximum Gasteiger partial charge on any atom is 0.242 e. The number of hydrogen-bond acceptors (Lipinski definition) is 3. The van der Waals surface area contributed by atoms with Crippen LogP contribution in [0, 0.1) is 0 Å². The second-order valence-electron chi connectivity index (χ2n) is 3.56. The van der Waals surface area contributed by atoms with Crippen LogP contribution in [-0.2, 0) is 14.4 Å². The van der Waals surface area contributed by atoms with Gasteiger partial charge in [0.25, 0.3) is 0 Å². The molecule has 5 heteroatoms. The molecule has 0 aromatic rings. The minimum absolute atomic E-state index is 0.0243. The predicted octanol–water partition coefficient (Wildman–Crippen LogP) is -0.0978. The molecular formula is C10H18N2O3. The molecule has 0 bridgehead atoms. The lowest BCUT2D eigenvalue weighted by Gasteiger charge is -2.20. The average molecular weight is 214 g/mol. The van der Waals surface area contributed by atoms with Crippen molar-refractivity contribution in [2.24, 2.45) is 0 Å². The molecule has 0 saturated carbocycles. The highest BCUT2D eigenvalue weighted by molar-refractivity contribution is 5.87. The van der Waals surface area contributed by atoms with Crippen molar-refractivity contribution in [2.45, 2.75) is 20.3 Å². The molecule has 2 amide bonds. The largest absolute Gasteiger partial charge is 0.337 e. The van der Waals surface area contributed by atoms with Crippen molar-refractivity contribution < 1.29 is 14.4 Å². The maximum atomic E-state index is 11.5. The summed E-state index contributed by atoms with van der Waals surface area (Å²) in [5.74, 6) is -0.385. The van der Waals surface area contributed by atoms with E-state index in [0.717, 1.165) is 0 Å². The van der Waals surface area contributed by atoms with E-state index in [1.165, 1.54) is 16.7 Å². The molecule has 0 aromatic carbocycles. The van der Waals surface area contributed by atoms with Crippen LogP contribution in [-0.4, -0.2) is 54.6 Å². The Hall–Kier alpha value is -1.39. The first kappa shape index (κ1) is 13.6. The van der Waals surface area contributed by atoms with Crippen molar-refractivity contribution >= 4 is 17.6 Å². The molecular weight excluding hydrogens is 196 g/mol. The lowest BCUT2D eigenvalue weighted by molar-refractivity contribution is -0.139. The van der Waals surface area contributed by atoms with Crippen molar-refractivity contribution in [2.75, 3.05) is 27.2 Å². The van der Waals surface area contributed by atoms with Gasteiger partial charge in [-0.3, -0.25) is 14.4 Å². The Bertz CT molecular complexity index is 263. The van der Waals surface area contributed by atoms with Crippen LogP contribution in [0.2, 0.25) is 0 Å². The number of carbonyl (C=O) groups excluding carboxylic acids is 3. The fourth-order valence-corrected chi connectivity index (χ4v) is 1.10. The Kier molecular flexibility index (Phi) is 5.59. The molecule has 15 heavy (non-hydrogen) atoms. The predicted molar refractivity (Wildman–Crippen MR) is 56.2 cm³/mol. The molecule has 0 unspecified atom stereocenters. The number of hydrogen-bond donors (Lipinski definition) is 0. The third kappa shape index (κ3) is 5.15. The van der Waals surface area contributed by atoms with Crippen molar-refractivity contribution in [3.63, 3.8) is 0 Å². The molecule has 0 atom stereocenters. The molecule has 0 spiro atoms. The summed E-state index contributed by atoms with van der Waals surface area (Å²) in [6.45, 7) is 3.27.